The number of carbonyl (C=O) groups excluding carboxylic acids is 1. The van der Waals surface area contributed by atoms with Gasteiger partial charge in [-0.05, 0) is 99.2 Å². The van der Waals surface area contributed by atoms with E-state index in [1.54, 1.807) is 19.2 Å². The molecule has 6 aromatic carbocycles. The van der Waals surface area contributed by atoms with Gasteiger partial charge in [-0.2, -0.15) is 0 Å². The van der Waals surface area contributed by atoms with Crippen LogP contribution in [0.25, 0.3) is 0 Å². The zero-order valence-corrected chi connectivity index (χ0v) is 31.4. The average Bonchev–Trinajstić information content (AvgIpc) is 3.12. The Bertz CT molecular complexity index is 1920. The van der Waals surface area contributed by atoms with Gasteiger partial charge in [0.1, 0.15) is 5.75 Å². The molecule has 0 saturated heterocycles. The molecule has 0 N–H and O–H groups in total. The fourth-order valence-electron chi connectivity index (χ4n) is 6.71. The van der Waals surface area contributed by atoms with E-state index in [0.717, 1.165) is 22.4 Å². The van der Waals surface area contributed by atoms with E-state index >= 15 is 0 Å². The number of rotatable bonds is 10. The summed E-state index contributed by atoms with van der Waals surface area (Å²) in [4.78, 5) is 19.4. The summed E-state index contributed by atoms with van der Waals surface area (Å²) in [6, 6.07) is 47.0. The van der Waals surface area contributed by atoms with Crippen LogP contribution >= 0.6 is 0 Å². The van der Waals surface area contributed by atoms with Crippen molar-refractivity contribution in [2.45, 2.75) is 53.4 Å². The maximum absolute atomic E-state index is 14.0. The predicted octanol–water partition coefficient (Wildman–Crippen LogP) is 11.6. The molecule has 0 heterocycles. The zero-order chi connectivity index (χ0) is 35.4. The minimum absolute atomic E-state index is 0. The Labute approximate surface area is 313 Å². The second kappa shape index (κ2) is 16.3. The molecule has 0 fully saturated rings. The van der Waals surface area contributed by atoms with Gasteiger partial charge in [0, 0.05) is 33.9 Å². The summed E-state index contributed by atoms with van der Waals surface area (Å²) in [6.07, 6.45) is 0. The normalized spacial score (nSPS) is 11.4. The number of ether oxygens (including phenoxy) is 1. The van der Waals surface area contributed by atoms with E-state index in [2.05, 4.69) is 144 Å². The van der Waals surface area contributed by atoms with Crippen molar-refractivity contribution in [2.24, 2.45) is 4.99 Å². The second-order valence-corrected chi connectivity index (χ2v) is 13.6. The smallest absolute Gasteiger partial charge is 0.206 e. The molecular weight excluding hydrogens is 669 g/mol. The maximum atomic E-state index is 14.0. The summed E-state index contributed by atoms with van der Waals surface area (Å²) in [5.74, 6) is 0.357. The molecule has 0 atom stereocenters. The van der Waals surface area contributed by atoms with Gasteiger partial charge in [-0.3, -0.25) is 4.79 Å². The van der Waals surface area contributed by atoms with Gasteiger partial charge in [0.15, 0.2) is 0 Å². The van der Waals surface area contributed by atoms with Crippen molar-refractivity contribution < 1.29 is 26.0 Å². The van der Waals surface area contributed by atoms with Gasteiger partial charge in [0.25, 0.3) is 0 Å². The number of aliphatic imine (C=N–C) groups is 1. The zero-order valence-electron chi connectivity index (χ0n) is 30.4. The molecule has 0 aliphatic carbocycles. The molecule has 51 heavy (non-hydrogen) atoms. The first kappa shape index (κ1) is 37.2. The van der Waals surface area contributed by atoms with Crippen molar-refractivity contribution in [3.8, 4) is 5.75 Å². The third kappa shape index (κ3) is 8.47. The molecule has 6 aromatic rings. The van der Waals surface area contributed by atoms with Crippen molar-refractivity contribution in [3.05, 3.63) is 200 Å². The minimum Gasteiger partial charge on any atom is -0.497 e. The number of aryl methyl sites for hydroxylation is 5. The molecule has 0 amide bonds. The quantitative estimate of drug-likeness (QED) is 0.0613. The van der Waals surface area contributed by atoms with Gasteiger partial charge >= 0.3 is 0 Å². The maximum Gasteiger partial charge on any atom is 0.206 e. The van der Waals surface area contributed by atoms with Crippen molar-refractivity contribution in [2.75, 3.05) is 7.11 Å². The van der Waals surface area contributed by atoms with Crippen molar-refractivity contribution in [1.29, 1.82) is 0 Å². The monoisotopic (exact) mass is 713 g/mol. The van der Waals surface area contributed by atoms with Crippen LogP contribution in [0.15, 0.2) is 138 Å². The number of methoxy groups -OCH3 is 1. The molecule has 0 saturated carbocycles. The van der Waals surface area contributed by atoms with Crippen LogP contribution in [-0.2, 0) is 16.5 Å². The first-order valence-electron chi connectivity index (χ1n) is 17.3. The SMILES string of the molecule is COc1ccc(C(=O)C(C)=Nc2c(C(c3ccc(C)cc3)c3ccc(C)cc3)cc(C)cc2C(c2ccc(C)cc2)c2ccc(C)cc2)cc1.[Ni]. The van der Waals surface area contributed by atoms with E-state index in [-0.39, 0.29) is 34.1 Å². The number of nitrogens with zero attached hydrogens (tertiary/aromatic N) is 1. The molecule has 0 aliphatic rings. The molecule has 260 valence electrons. The fourth-order valence-corrected chi connectivity index (χ4v) is 6.71. The van der Waals surface area contributed by atoms with E-state index in [1.807, 2.05) is 19.1 Å². The molecule has 3 nitrogen and oxygen atoms in total. The van der Waals surface area contributed by atoms with Crippen molar-refractivity contribution in [1.82, 2.24) is 0 Å². The standard InChI is InChI=1S/C47H45NO2.Ni/c1-30-8-16-36(17-9-30)44(37-18-10-31(2)11-19-37)42-28-34(5)29-43(46(42)48-35(6)47(49)40-24-26-41(50-7)27-25-40)45(38-20-12-32(3)13-21-38)39-22-14-33(4)15-23-39;/h8-29,44-45H,1-7H3;. The summed E-state index contributed by atoms with van der Waals surface area (Å²) in [5.41, 5.74) is 14.6. The largest absolute Gasteiger partial charge is 0.497 e. The van der Waals surface area contributed by atoms with E-state index in [1.165, 1.54) is 44.5 Å². The summed E-state index contributed by atoms with van der Waals surface area (Å²) in [6.45, 7) is 12.5. The molecule has 0 unspecified atom stereocenters. The number of carbonyl (C=O) groups is 1. The van der Waals surface area contributed by atoms with Gasteiger partial charge < -0.3 is 4.74 Å². The molecular formula is C47H45NNiO2. The second-order valence-electron chi connectivity index (χ2n) is 13.6. The topological polar surface area (TPSA) is 38.7 Å². The number of Topliss-reactive ketones (excluding diaryl/α,β-unsaturated/α-hetero) is 1. The Balaban J connectivity index is 0.00000504. The summed E-state index contributed by atoms with van der Waals surface area (Å²) in [7, 11) is 1.63. The Morgan fingerprint density at radius 2 is 0.843 bits per heavy atom. The Hall–Kier alpha value is -5.05. The fraction of sp³-hybridized carbons (Fsp3) is 0.191. The summed E-state index contributed by atoms with van der Waals surface area (Å²) >= 11 is 0. The first-order chi connectivity index (χ1) is 24.1. The predicted molar refractivity (Wildman–Crippen MR) is 208 cm³/mol. The van der Waals surface area contributed by atoms with Crippen LogP contribution in [-0.4, -0.2) is 18.6 Å². The average molecular weight is 715 g/mol. The van der Waals surface area contributed by atoms with E-state index in [4.69, 9.17) is 9.73 Å². The molecule has 6 rings (SSSR count). The minimum atomic E-state index is -0.117. The van der Waals surface area contributed by atoms with Crippen LogP contribution in [0.1, 0.15) is 90.3 Å². The molecule has 0 radical (unpaired) electrons. The number of hydrogen-bond donors (Lipinski definition) is 0. The molecule has 0 bridgehead atoms. The third-order valence-electron chi connectivity index (χ3n) is 9.54. The van der Waals surface area contributed by atoms with Crippen LogP contribution in [0.4, 0.5) is 5.69 Å². The number of benzene rings is 6. The Morgan fingerprint density at radius 1 is 0.510 bits per heavy atom. The Morgan fingerprint density at radius 3 is 1.16 bits per heavy atom. The van der Waals surface area contributed by atoms with Gasteiger partial charge in [-0.1, -0.05) is 137 Å². The molecule has 4 heteroatoms. The van der Waals surface area contributed by atoms with Crippen molar-refractivity contribution in [3.63, 3.8) is 0 Å². The van der Waals surface area contributed by atoms with E-state index in [0.29, 0.717) is 17.0 Å². The Kier molecular flexibility index (Phi) is 11.9. The summed E-state index contributed by atoms with van der Waals surface area (Å²) in [5, 5.41) is 0. The van der Waals surface area contributed by atoms with E-state index in [9.17, 15) is 4.79 Å². The van der Waals surface area contributed by atoms with Gasteiger partial charge in [0.05, 0.1) is 18.5 Å². The van der Waals surface area contributed by atoms with Gasteiger partial charge in [-0.25, -0.2) is 4.99 Å². The number of hydrogen-bond acceptors (Lipinski definition) is 3. The van der Waals surface area contributed by atoms with Crippen LogP contribution < -0.4 is 4.74 Å². The van der Waals surface area contributed by atoms with Gasteiger partial charge in [0.2, 0.25) is 5.78 Å². The summed E-state index contributed by atoms with van der Waals surface area (Å²) < 4.78 is 5.36. The molecule has 0 aliphatic heterocycles. The molecule has 0 spiro atoms. The molecule has 0 aromatic heterocycles. The van der Waals surface area contributed by atoms with Crippen molar-refractivity contribution >= 4 is 17.2 Å². The van der Waals surface area contributed by atoms with Crippen LogP contribution in [0.3, 0.4) is 0 Å². The van der Waals surface area contributed by atoms with Crippen LogP contribution in [0.2, 0.25) is 0 Å². The first-order valence-corrected chi connectivity index (χ1v) is 17.3. The third-order valence-corrected chi connectivity index (χ3v) is 9.54. The van der Waals surface area contributed by atoms with E-state index < -0.39 is 0 Å². The van der Waals surface area contributed by atoms with Crippen LogP contribution in [0.5, 0.6) is 5.75 Å². The van der Waals surface area contributed by atoms with Gasteiger partial charge in [-0.15, -0.1) is 0 Å². The number of ketones is 1. The van der Waals surface area contributed by atoms with Crippen LogP contribution in [0, 0.1) is 34.6 Å².